The number of nitrogens with one attached hydrogen (secondary N) is 1. The third-order valence-corrected chi connectivity index (χ3v) is 3.35. The van der Waals surface area contributed by atoms with Crippen molar-refractivity contribution in [3.05, 3.63) is 23.5 Å². The van der Waals surface area contributed by atoms with Gasteiger partial charge in [-0.25, -0.2) is 0 Å². The van der Waals surface area contributed by atoms with E-state index in [1.165, 1.54) is 0 Å². The highest BCUT2D eigenvalue weighted by atomic mass is 16.2. The highest BCUT2D eigenvalue weighted by Gasteiger charge is 2.33. The summed E-state index contributed by atoms with van der Waals surface area (Å²) in [5, 5.41) is 3.27. The molecule has 0 aliphatic heterocycles. The lowest BCUT2D eigenvalue weighted by Crippen LogP contribution is -2.34. The predicted molar refractivity (Wildman–Crippen MR) is 77.5 cm³/mol. The van der Waals surface area contributed by atoms with E-state index in [1.54, 1.807) is 6.20 Å². The molecule has 0 unspecified atom stereocenters. The number of aromatic nitrogens is 1. The van der Waals surface area contributed by atoms with E-state index < -0.39 is 0 Å². The summed E-state index contributed by atoms with van der Waals surface area (Å²) in [7, 11) is 0. The molecular formula is C15H23N3O. The summed E-state index contributed by atoms with van der Waals surface area (Å²) < 4.78 is 0. The molecule has 1 saturated carbocycles. The smallest absolute Gasteiger partial charge is 0.257 e. The molecule has 0 bridgehead atoms. The van der Waals surface area contributed by atoms with Crippen LogP contribution in [0.2, 0.25) is 0 Å². The van der Waals surface area contributed by atoms with Crippen molar-refractivity contribution < 1.29 is 4.79 Å². The minimum Gasteiger partial charge on any atom is -0.385 e. The van der Waals surface area contributed by atoms with E-state index in [0.717, 1.165) is 43.7 Å². The van der Waals surface area contributed by atoms with Gasteiger partial charge < -0.3 is 10.2 Å². The van der Waals surface area contributed by atoms with Crippen LogP contribution in [0.25, 0.3) is 0 Å². The van der Waals surface area contributed by atoms with E-state index in [1.807, 2.05) is 24.8 Å². The summed E-state index contributed by atoms with van der Waals surface area (Å²) in [6.45, 7) is 7.74. The van der Waals surface area contributed by atoms with Crippen molar-refractivity contribution in [3.63, 3.8) is 0 Å². The fourth-order valence-corrected chi connectivity index (χ4v) is 2.30. The second-order valence-corrected chi connectivity index (χ2v) is 5.13. The van der Waals surface area contributed by atoms with Gasteiger partial charge in [0.25, 0.3) is 5.91 Å². The zero-order valence-electron chi connectivity index (χ0n) is 12.1. The summed E-state index contributed by atoms with van der Waals surface area (Å²) in [6.07, 6.45) is 4.99. The first kappa shape index (κ1) is 13.8. The number of pyridine rings is 1. The molecule has 0 atom stereocenters. The number of carbonyl (C=O) groups excluding carboxylic acids is 1. The van der Waals surface area contributed by atoms with E-state index in [0.29, 0.717) is 11.6 Å². The Kier molecular flexibility index (Phi) is 4.40. The molecule has 0 radical (unpaired) electrons. The normalized spacial score (nSPS) is 14.3. The van der Waals surface area contributed by atoms with Gasteiger partial charge in [-0.05, 0) is 39.2 Å². The monoisotopic (exact) mass is 261 g/mol. The number of hydrogen-bond acceptors (Lipinski definition) is 3. The number of anilines is 1. The molecule has 1 aliphatic carbocycles. The van der Waals surface area contributed by atoms with Gasteiger partial charge in [0.1, 0.15) is 0 Å². The number of hydrogen-bond donors (Lipinski definition) is 1. The molecule has 2 rings (SSSR count). The van der Waals surface area contributed by atoms with Gasteiger partial charge in [0.15, 0.2) is 0 Å². The quantitative estimate of drug-likeness (QED) is 0.856. The van der Waals surface area contributed by atoms with Crippen LogP contribution in [-0.4, -0.2) is 34.9 Å². The minimum absolute atomic E-state index is 0.118. The fourth-order valence-electron chi connectivity index (χ4n) is 2.30. The van der Waals surface area contributed by atoms with Gasteiger partial charge in [-0.3, -0.25) is 9.78 Å². The summed E-state index contributed by atoms with van der Waals surface area (Å²) in [4.78, 5) is 19.0. The van der Waals surface area contributed by atoms with Crippen molar-refractivity contribution >= 4 is 11.6 Å². The highest BCUT2D eigenvalue weighted by molar-refractivity contribution is 5.99. The standard InChI is InChI=1S/C15H23N3O/c1-4-8-18(12-6-7-12)15(19)13-10-17-11(3)9-14(13)16-5-2/h9-10,12H,4-8H2,1-3H3,(H,16,17). The number of aryl methyl sites for hydroxylation is 1. The third kappa shape index (κ3) is 3.25. The van der Waals surface area contributed by atoms with Crippen LogP contribution >= 0.6 is 0 Å². The van der Waals surface area contributed by atoms with Crippen LogP contribution in [-0.2, 0) is 0 Å². The maximum absolute atomic E-state index is 12.7. The first-order chi connectivity index (χ1) is 9.17. The molecule has 4 heteroatoms. The minimum atomic E-state index is 0.118. The van der Waals surface area contributed by atoms with Crippen molar-refractivity contribution in [1.29, 1.82) is 0 Å². The molecule has 1 heterocycles. The Labute approximate surface area is 115 Å². The number of nitrogens with zero attached hydrogens (tertiary/aromatic N) is 2. The van der Waals surface area contributed by atoms with Crippen LogP contribution in [0.1, 0.15) is 49.2 Å². The molecule has 1 fully saturated rings. The van der Waals surface area contributed by atoms with Gasteiger partial charge in [-0.2, -0.15) is 0 Å². The summed E-state index contributed by atoms with van der Waals surface area (Å²) in [5.41, 5.74) is 2.54. The van der Waals surface area contributed by atoms with Crippen molar-refractivity contribution in [1.82, 2.24) is 9.88 Å². The van der Waals surface area contributed by atoms with Gasteiger partial charge >= 0.3 is 0 Å². The van der Waals surface area contributed by atoms with Gasteiger partial charge in [-0.1, -0.05) is 6.92 Å². The van der Waals surface area contributed by atoms with Crippen LogP contribution in [0.3, 0.4) is 0 Å². The Hall–Kier alpha value is -1.58. The third-order valence-electron chi connectivity index (χ3n) is 3.35. The molecule has 0 spiro atoms. The molecule has 1 amide bonds. The summed E-state index contributed by atoms with van der Waals surface area (Å²) >= 11 is 0. The maximum atomic E-state index is 12.7. The van der Waals surface area contributed by atoms with Crippen molar-refractivity contribution in [2.24, 2.45) is 0 Å². The molecule has 19 heavy (non-hydrogen) atoms. The molecule has 104 valence electrons. The van der Waals surface area contributed by atoms with Gasteiger partial charge in [0.2, 0.25) is 0 Å². The fraction of sp³-hybridized carbons (Fsp3) is 0.600. The number of rotatable bonds is 6. The molecule has 1 aliphatic rings. The van der Waals surface area contributed by atoms with Crippen molar-refractivity contribution in [2.45, 2.75) is 46.1 Å². The molecule has 1 aromatic heterocycles. The molecule has 1 N–H and O–H groups in total. The van der Waals surface area contributed by atoms with Crippen LogP contribution in [0.15, 0.2) is 12.3 Å². The van der Waals surface area contributed by atoms with Crippen molar-refractivity contribution in [3.8, 4) is 0 Å². The highest BCUT2D eigenvalue weighted by Crippen LogP contribution is 2.29. The number of carbonyl (C=O) groups is 1. The summed E-state index contributed by atoms with van der Waals surface area (Å²) in [6, 6.07) is 2.40. The average molecular weight is 261 g/mol. The van der Waals surface area contributed by atoms with Crippen LogP contribution < -0.4 is 5.32 Å². The van der Waals surface area contributed by atoms with Gasteiger partial charge in [0, 0.05) is 31.0 Å². The zero-order valence-corrected chi connectivity index (χ0v) is 12.1. The average Bonchev–Trinajstić information content (AvgIpc) is 3.20. The van der Waals surface area contributed by atoms with E-state index in [2.05, 4.69) is 17.2 Å². The lowest BCUT2D eigenvalue weighted by molar-refractivity contribution is 0.0743. The lowest BCUT2D eigenvalue weighted by atomic mass is 10.1. The first-order valence-corrected chi connectivity index (χ1v) is 7.18. The van der Waals surface area contributed by atoms with E-state index in [9.17, 15) is 4.79 Å². The SMILES string of the molecule is CCCN(C(=O)c1cnc(C)cc1NCC)C1CC1. The van der Waals surface area contributed by atoms with Gasteiger partial charge in [-0.15, -0.1) is 0 Å². The van der Waals surface area contributed by atoms with Crippen LogP contribution in [0.4, 0.5) is 5.69 Å². The Morgan fingerprint density at radius 1 is 1.47 bits per heavy atom. The van der Waals surface area contributed by atoms with Gasteiger partial charge in [0.05, 0.1) is 11.3 Å². The lowest BCUT2D eigenvalue weighted by Gasteiger charge is -2.23. The second kappa shape index (κ2) is 6.04. The first-order valence-electron chi connectivity index (χ1n) is 7.18. The Morgan fingerprint density at radius 2 is 2.21 bits per heavy atom. The predicted octanol–water partition coefficient (Wildman–Crippen LogP) is 2.84. The molecule has 1 aromatic rings. The van der Waals surface area contributed by atoms with Crippen LogP contribution in [0, 0.1) is 6.92 Å². The molecule has 4 nitrogen and oxygen atoms in total. The Bertz CT molecular complexity index is 455. The number of amides is 1. The Balaban J connectivity index is 2.25. The van der Waals surface area contributed by atoms with Crippen molar-refractivity contribution in [2.75, 3.05) is 18.4 Å². The zero-order chi connectivity index (χ0) is 13.8. The molecular weight excluding hydrogens is 238 g/mol. The molecule has 0 aromatic carbocycles. The molecule has 0 saturated heterocycles. The largest absolute Gasteiger partial charge is 0.385 e. The topological polar surface area (TPSA) is 45.2 Å². The second-order valence-electron chi connectivity index (χ2n) is 5.13. The summed E-state index contributed by atoms with van der Waals surface area (Å²) in [5.74, 6) is 0.118. The van der Waals surface area contributed by atoms with E-state index >= 15 is 0 Å². The van der Waals surface area contributed by atoms with E-state index in [4.69, 9.17) is 0 Å². The maximum Gasteiger partial charge on any atom is 0.257 e. The van der Waals surface area contributed by atoms with Crippen LogP contribution in [0.5, 0.6) is 0 Å². The van der Waals surface area contributed by atoms with E-state index in [-0.39, 0.29) is 5.91 Å². The Morgan fingerprint density at radius 3 is 2.79 bits per heavy atom.